The Balaban J connectivity index is 1.87. The number of aliphatic imine (C=N–C) groups is 1. The van der Waals surface area contributed by atoms with Crippen LogP contribution in [0.5, 0.6) is 5.75 Å². The molecule has 1 aromatic heterocycles. The molecule has 0 aliphatic heterocycles. The third-order valence-electron chi connectivity index (χ3n) is 5.19. The van der Waals surface area contributed by atoms with Gasteiger partial charge in [0.05, 0.1) is 5.56 Å². The molecule has 1 aliphatic rings. The van der Waals surface area contributed by atoms with E-state index >= 15 is 0 Å². The third kappa shape index (κ3) is 4.42. The second-order valence-electron chi connectivity index (χ2n) is 8.15. The number of fused-ring (bicyclic) bond motifs is 1. The molecule has 6 heteroatoms. The van der Waals surface area contributed by atoms with Crippen LogP contribution in [0.25, 0.3) is 0 Å². The molecule has 1 atom stereocenters. The lowest BCUT2D eigenvalue weighted by Crippen LogP contribution is -2.26. The van der Waals surface area contributed by atoms with Gasteiger partial charge in [-0.05, 0) is 48.3 Å². The van der Waals surface area contributed by atoms with Gasteiger partial charge in [-0.15, -0.1) is 11.3 Å². The molecular formula is C22H25N3O2S. The third-order valence-corrected chi connectivity index (χ3v) is 6.36. The summed E-state index contributed by atoms with van der Waals surface area (Å²) in [5, 5.41) is 10.4. The van der Waals surface area contributed by atoms with Crippen molar-refractivity contribution in [3.63, 3.8) is 0 Å². The van der Waals surface area contributed by atoms with Crippen LogP contribution < -0.4 is 10.5 Å². The Morgan fingerprint density at radius 3 is 2.86 bits per heavy atom. The number of carbonyl (C=O) groups excluding carboxylic acids is 1. The van der Waals surface area contributed by atoms with Crippen LogP contribution in [0.3, 0.4) is 0 Å². The summed E-state index contributed by atoms with van der Waals surface area (Å²) < 4.78 is 5.45. The number of rotatable bonds is 5. The molecule has 1 amide bonds. The summed E-state index contributed by atoms with van der Waals surface area (Å²) in [7, 11) is 0. The van der Waals surface area contributed by atoms with E-state index in [1.807, 2.05) is 18.2 Å². The zero-order valence-electron chi connectivity index (χ0n) is 16.5. The van der Waals surface area contributed by atoms with Gasteiger partial charge >= 0.3 is 0 Å². The summed E-state index contributed by atoms with van der Waals surface area (Å²) in [6.07, 6.45) is 4.74. The zero-order chi connectivity index (χ0) is 20.3. The number of primary amides is 1. The van der Waals surface area contributed by atoms with E-state index < -0.39 is 5.91 Å². The molecule has 1 heterocycles. The van der Waals surface area contributed by atoms with Gasteiger partial charge in [-0.3, -0.25) is 4.79 Å². The fraction of sp³-hybridized carbons (Fsp3) is 0.409. The van der Waals surface area contributed by atoms with Crippen molar-refractivity contribution < 1.29 is 9.53 Å². The van der Waals surface area contributed by atoms with E-state index in [-0.39, 0.29) is 12.0 Å². The van der Waals surface area contributed by atoms with Gasteiger partial charge in [0.2, 0.25) is 0 Å². The van der Waals surface area contributed by atoms with E-state index in [1.54, 1.807) is 23.6 Å². The van der Waals surface area contributed by atoms with Crippen LogP contribution in [0.1, 0.15) is 48.8 Å². The minimum absolute atomic E-state index is 0.185. The quantitative estimate of drug-likeness (QED) is 0.762. The highest BCUT2D eigenvalue weighted by atomic mass is 32.1. The number of nitrogens with two attached hydrogens (primary N) is 1. The van der Waals surface area contributed by atoms with Crippen LogP contribution in [0.15, 0.2) is 29.3 Å². The fourth-order valence-corrected chi connectivity index (χ4v) is 4.73. The SMILES string of the molecule is CC(C)(C)[C@H]1CCc2c(sc(N=Cc3ccccc3OCC(N)=O)c2C#N)C1. The Bertz CT molecular complexity index is 948. The first-order valence-electron chi connectivity index (χ1n) is 9.38. The lowest BCUT2D eigenvalue weighted by Gasteiger charge is -2.33. The lowest BCUT2D eigenvalue weighted by atomic mass is 9.72. The summed E-state index contributed by atoms with van der Waals surface area (Å²) in [5.41, 5.74) is 8.02. The van der Waals surface area contributed by atoms with Gasteiger partial charge < -0.3 is 10.5 Å². The molecule has 0 unspecified atom stereocenters. The second-order valence-corrected chi connectivity index (χ2v) is 9.24. The van der Waals surface area contributed by atoms with Crippen molar-refractivity contribution in [3.8, 4) is 11.8 Å². The van der Waals surface area contributed by atoms with Crippen molar-refractivity contribution in [1.29, 1.82) is 5.26 Å². The van der Waals surface area contributed by atoms with E-state index in [2.05, 4.69) is 31.8 Å². The maximum Gasteiger partial charge on any atom is 0.255 e. The molecule has 2 aromatic rings. The molecule has 146 valence electrons. The highest BCUT2D eigenvalue weighted by Crippen LogP contribution is 2.44. The number of nitriles is 1. The van der Waals surface area contributed by atoms with Gasteiger partial charge in [-0.2, -0.15) is 5.26 Å². The number of hydrogen-bond acceptors (Lipinski definition) is 5. The molecular weight excluding hydrogens is 370 g/mol. The standard InChI is InChI=1S/C22H25N3O2S/c1-22(2,3)15-8-9-16-17(11-23)21(28-19(16)10-15)25-12-14-6-4-5-7-18(14)27-13-20(24)26/h4-7,12,15H,8-10,13H2,1-3H3,(H2,24,26)/t15-/m0/s1. The predicted molar refractivity (Wildman–Crippen MR) is 112 cm³/mol. The van der Waals surface area contributed by atoms with Gasteiger partial charge in [0.15, 0.2) is 6.61 Å². The van der Waals surface area contributed by atoms with Crippen molar-refractivity contribution in [2.24, 2.45) is 22.1 Å². The van der Waals surface area contributed by atoms with E-state index in [4.69, 9.17) is 10.5 Å². The summed E-state index contributed by atoms with van der Waals surface area (Å²) >= 11 is 1.61. The first-order valence-corrected chi connectivity index (χ1v) is 10.2. The normalized spacial score (nSPS) is 16.6. The molecule has 28 heavy (non-hydrogen) atoms. The number of ether oxygens (including phenoxy) is 1. The van der Waals surface area contributed by atoms with Crippen LogP contribution in [0, 0.1) is 22.7 Å². The largest absolute Gasteiger partial charge is 0.483 e. The number of amides is 1. The second kappa shape index (κ2) is 8.15. The lowest BCUT2D eigenvalue weighted by molar-refractivity contribution is -0.119. The summed E-state index contributed by atoms with van der Waals surface area (Å²) in [6, 6.07) is 9.67. The highest BCUT2D eigenvalue weighted by Gasteiger charge is 2.32. The number of benzene rings is 1. The van der Waals surface area contributed by atoms with Crippen LogP contribution in [-0.4, -0.2) is 18.7 Å². The molecule has 0 radical (unpaired) electrons. The van der Waals surface area contributed by atoms with E-state index in [1.165, 1.54) is 10.4 Å². The monoisotopic (exact) mass is 395 g/mol. The zero-order valence-corrected chi connectivity index (χ0v) is 17.3. The van der Waals surface area contributed by atoms with Crippen molar-refractivity contribution >= 4 is 28.5 Å². The van der Waals surface area contributed by atoms with Gasteiger partial charge in [-0.1, -0.05) is 32.9 Å². The molecule has 3 rings (SSSR count). The van der Waals surface area contributed by atoms with Gasteiger partial charge in [0.25, 0.3) is 5.91 Å². The van der Waals surface area contributed by atoms with Crippen molar-refractivity contribution in [3.05, 3.63) is 45.8 Å². The fourth-order valence-electron chi connectivity index (χ4n) is 3.51. The first-order chi connectivity index (χ1) is 13.3. The number of hydrogen-bond donors (Lipinski definition) is 1. The van der Waals surface area contributed by atoms with Gasteiger partial charge in [0, 0.05) is 16.7 Å². The molecule has 0 saturated carbocycles. The average molecular weight is 396 g/mol. The van der Waals surface area contributed by atoms with Crippen LogP contribution >= 0.6 is 11.3 Å². The molecule has 0 fully saturated rings. The molecule has 0 bridgehead atoms. The smallest absolute Gasteiger partial charge is 0.255 e. The minimum atomic E-state index is -0.530. The van der Waals surface area contributed by atoms with Crippen LogP contribution in [0.4, 0.5) is 5.00 Å². The first kappa shape index (κ1) is 20.1. The van der Waals surface area contributed by atoms with Gasteiger partial charge in [0.1, 0.15) is 16.8 Å². The average Bonchev–Trinajstić information content (AvgIpc) is 3.01. The summed E-state index contributed by atoms with van der Waals surface area (Å²) in [5.74, 6) is 0.625. The van der Waals surface area contributed by atoms with Crippen LogP contribution in [-0.2, 0) is 17.6 Å². The van der Waals surface area contributed by atoms with E-state index in [9.17, 15) is 10.1 Å². The molecule has 0 spiro atoms. The summed E-state index contributed by atoms with van der Waals surface area (Å²) in [4.78, 5) is 16.9. The topological polar surface area (TPSA) is 88.5 Å². The Morgan fingerprint density at radius 1 is 1.43 bits per heavy atom. The van der Waals surface area contributed by atoms with Gasteiger partial charge in [-0.25, -0.2) is 4.99 Å². The predicted octanol–water partition coefficient (Wildman–Crippen LogP) is 4.39. The number of nitrogens with zero attached hydrogens (tertiary/aromatic N) is 2. The Morgan fingerprint density at radius 2 is 2.18 bits per heavy atom. The van der Waals surface area contributed by atoms with E-state index in [0.717, 1.165) is 29.8 Å². The highest BCUT2D eigenvalue weighted by molar-refractivity contribution is 7.16. The van der Waals surface area contributed by atoms with E-state index in [0.29, 0.717) is 17.2 Å². The Labute approximate surface area is 169 Å². The molecule has 2 N–H and O–H groups in total. The molecule has 1 aliphatic carbocycles. The van der Waals surface area contributed by atoms with Crippen molar-refractivity contribution in [2.75, 3.05) is 6.61 Å². The number of thiophene rings is 1. The van der Waals surface area contributed by atoms with Crippen molar-refractivity contribution in [2.45, 2.75) is 40.0 Å². The maximum absolute atomic E-state index is 11.0. The Kier molecular flexibility index (Phi) is 5.85. The maximum atomic E-state index is 11.0. The Hall–Kier alpha value is -2.65. The van der Waals surface area contributed by atoms with Crippen LogP contribution in [0.2, 0.25) is 0 Å². The molecule has 1 aromatic carbocycles. The number of para-hydroxylation sites is 1. The minimum Gasteiger partial charge on any atom is -0.483 e. The molecule has 5 nitrogen and oxygen atoms in total. The summed E-state index contributed by atoms with van der Waals surface area (Å²) in [6.45, 7) is 6.66. The number of carbonyl (C=O) groups is 1. The van der Waals surface area contributed by atoms with Crippen molar-refractivity contribution in [1.82, 2.24) is 0 Å². The molecule has 0 saturated heterocycles.